The number of nitrogens with two attached hydrogens (primary N) is 3. The van der Waals surface area contributed by atoms with E-state index in [0.29, 0.717) is 5.69 Å². The second-order valence-electron chi connectivity index (χ2n) is 6.54. The lowest BCUT2D eigenvalue weighted by Gasteiger charge is -2.07. The fourth-order valence-electron chi connectivity index (χ4n) is 3.54. The van der Waals surface area contributed by atoms with Crippen molar-refractivity contribution in [2.45, 2.75) is 0 Å². The first kappa shape index (κ1) is 14.6. The van der Waals surface area contributed by atoms with Crippen molar-refractivity contribution in [1.29, 1.82) is 0 Å². The third-order valence-electron chi connectivity index (χ3n) is 4.79. The normalized spacial score (nSPS) is 11.5. The number of nitrogens with zero attached hydrogens (tertiary/aromatic N) is 1. The molecule has 0 saturated carbocycles. The second-order valence-corrected chi connectivity index (χ2v) is 6.54. The molecule has 5 rings (SSSR count). The molecule has 26 heavy (non-hydrogen) atoms. The van der Waals surface area contributed by atoms with Gasteiger partial charge in [0, 0.05) is 33.4 Å². The number of H-pyrrole nitrogens is 1. The van der Waals surface area contributed by atoms with Crippen molar-refractivity contribution in [3.05, 3.63) is 60.7 Å². The van der Waals surface area contributed by atoms with E-state index < -0.39 is 0 Å². The van der Waals surface area contributed by atoms with Crippen molar-refractivity contribution < 1.29 is 0 Å². The van der Waals surface area contributed by atoms with E-state index in [4.69, 9.17) is 22.2 Å². The molecule has 0 amide bonds. The SMILES string of the molecule is Nc1ccc(-c2nc3c4cc(N)ccc4c4ccc(N)cc4c3[nH]2)cc1. The third kappa shape index (κ3) is 2.07. The summed E-state index contributed by atoms with van der Waals surface area (Å²) in [5.41, 5.74) is 22.9. The van der Waals surface area contributed by atoms with E-state index in [1.807, 2.05) is 60.7 Å². The fourth-order valence-corrected chi connectivity index (χ4v) is 3.54. The molecule has 5 aromatic rings. The average Bonchev–Trinajstić information content (AvgIpc) is 3.08. The number of hydrogen-bond acceptors (Lipinski definition) is 4. The van der Waals surface area contributed by atoms with E-state index in [2.05, 4.69) is 4.98 Å². The molecule has 0 saturated heterocycles. The molecule has 4 aromatic carbocycles. The Labute approximate surface area is 149 Å². The van der Waals surface area contributed by atoms with Gasteiger partial charge in [-0.25, -0.2) is 4.98 Å². The lowest BCUT2D eigenvalue weighted by Crippen LogP contribution is -1.89. The van der Waals surface area contributed by atoms with Crippen molar-refractivity contribution in [2.24, 2.45) is 0 Å². The number of aromatic nitrogens is 2. The Kier molecular flexibility index (Phi) is 2.88. The van der Waals surface area contributed by atoms with Crippen LogP contribution in [-0.2, 0) is 0 Å². The zero-order valence-corrected chi connectivity index (χ0v) is 14.0. The molecule has 5 heteroatoms. The van der Waals surface area contributed by atoms with Crippen LogP contribution in [0.15, 0.2) is 60.7 Å². The van der Waals surface area contributed by atoms with Gasteiger partial charge in [0.05, 0.1) is 11.0 Å². The highest BCUT2D eigenvalue weighted by molar-refractivity contribution is 6.24. The minimum atomic E-state index is 0.714. The third-order valence-corrected chi connectivity index (χ3v) is 4.79. The molecule has 0 aliphatic carbocycles. The highest BCUT2D eigenvalue weighted by Crippen LogP contribution is 2.37. The number of fused-ring (bicyclic) bond motifs is 6. The topological polar surface area (TPSA) is 107 Å². The summed E-state index contributed by atoms with van der Waals surface area (Å²) < 4.78 is 0. The highest BCUT2D eigenvalue weighted by atomic mass is 14.9. The van der Waals surface area contributed by atoms with E-state index in [1.165, 1.54) is 0 Å². The zero-order chi connectivity index (χ0) is 17.8. The Hall–Kier alpha value is -3.73. The molecular formula is C21H17N5. The van der Waals surface area contributed by atoms with Gasteiger partial charge in [-0.15, -0.1) is 0 Å². The standard InChI is InChI=1S/C21H17N5/c22-12-3-1-11(2-4-12)21-25-19-17-9-13(23)5-7-15(17)16-8-6-14(24)10-18(16)20(19)26-21/h1-10H,22-24H2,(H,25,26). The first-order chi connectivity index (χ1) is 12.6. The smallest absolute Gasteiger partial charge is 0.138 e. The molecule has 0 unspecified atom stereocenters. The quantitative estimate of drug-likeness (QED) is 0.270. The van der Waals surface area contributed by atoms with Gasteiger partial charge in [0.25, 0.3) is 0 Å². The van der Waals surface area contributed by atoms with Gasteiger partial charge in [-0.3, -0.25) is 0 Å². The van der Waals surface area contributed by atoms with Crippen molar-refractivity contribution in [2.75, 3.05) is 17.2 Å². The highest BCUT2D eigenvalue weighted by Gasteiger charge is 2.14. The number of benzene rings is 4. The summed E-state index contributed by atoms with van der Waals surface area (Å²) in [6.45, 7) is 0. The van der Waals surface area contributed by atoms with Crippen LogP contribution in [0.25, 0.3) is 44.0 Å². The number of anilines is 3. The fraction of sp³-hybridized carbons (Fsp3) is 0. The van der Waals surface area contributed by atoms with Crippen LogP contribution in [0.4, 0.5) is 17.1 Å². The maximum absolute atomic E-state index is 6.05. The number of hydrogen-bond donors (Lipinski definition) is 4. The number of rotatable bonds is 1. The lowest BCUT2D eigenvalue weighted by atomic mass is 9.99. The Bertz CT molecular complexity index is 1220. The maximum atomic E-state index is 6.05. The van der Waals surface area contributed by atoms with Gasteiger partial charge >= 0.3 is 0 Å². The molecule has 0 fully saturated rings. The largest absolute Gasteiger partial charge is 0.399 e. The van der Waals surface area contributed by atoms with Crippen LogP contribution in [0.5, 0.6) is 0 Å². The van der Waals surface area contributed by atoms with E-state index in [0.717, 1.165) is 55.3 Å². The zero-order valence-electron chi connectivity index (χ0n) is 14.0. The summed E-state index contributed by atoms with van der Waals surface area (Å²) in [4.78, 5) is 8.33. The van der Waals surface area contributed by atoms with Crippen LogP contribution in [-0.4, -0.2) is 9.97 Å². The summed E-state index contributed by atoms with van der Waals surface area (Å²) in [5.74, 6) is 0.790. The van der Waals surface area contributed by atoms with Gasteiger partial charge < -0.3 is 22.2 Å². The van der Waals surface area contributed by atoms with Crippen LogP contribution < -0.4 is 17.2 Å². The number of imidazole rings is 1. The first-order valence-corrected chi connectivity index (χ1v) is 8.36. The molecule has 0 aliphatic rings. The van der Waals surface area contributed by atoms with Gasteiger partial charge in [-0.1, -0.05) is 12.1 Å². The Balaban J connectivity index is 1.95. The van der Waals surface area contributed by atoms with Crippen LogP contribution >= 0.6 is 0 Å². The molecular weight excluding hydrogens is 322 g/mol. The van der Waals surface area contributed by atoms with Crippen molar-refractivity contribution in [1.82, 2.24) is 9.97 Å². The van der Waals surface area contributed by atoms with Crippen LogP contribution in [0.2, 0.25) is 0 Å². The molecule has 0 atom stereocenters. The minimum absolute atomic E-state index is 0.714. The molecule has 0 spiro atoms. The molecule has 0 aliphatic heterocycles. The average molecular weight is 339 g/mol. The van der Waals surface area contributed by atoms with Crippen LogP contribution in [0, 0.1) is 0 Å². The van der Waals surface area contributed by atoms with Gasteiger partial charge in [0.15, 0.2) is 0 Å². The molecule has 0 radical (unpaired) electrons. The molecule has 1 heterocycles. The van der Waals surface area contributed by atoms with Gasteiger partial charge in [-0.2, -0.15) is 0 Å². The summed E-state index contributed by atoms with van der Waals surface area (Å²) in [6.07, 6.45) is 0. The molecule has 7 N–H and O–H groups in total. The lowest BCUT2D eigenvalue weighted by molar-refractivity contribution is 1.34. The van der Waals surface area contributed by atoms with Crippen molar-refractivity contribution in [3.63, 3.8) is 0 Å². The minimum Gasteiger partial charge on any atom is -0.399 e. The van der Waals surface area contributed by atoms with Gasteiger partial charge in [-0.05, 0) is 59.3 Å². The monoisotopic (exact) mass is 339 g/mol. The summed E-state index contributed by atoms with van der Waals surface area (Å²) >= 11 is 0. The van der Waals surface area contributed by atoms with Gasteiger partial charge in [0.2, 0.25) is 0 Å². The summed E-state index contributed by atoms with van der Waals surface area (Å²) in [6, 6.07) is 19.5. The predicted molar refractivity (Wildman–Crippen MR) is 110 cm³/mol. The molecule has 126 valence electrons. The van der Waals surface area contributed by atoms with Crippen LogP contribution in [0.1, 0.15) is 0 Å². The van der Waals surface area contributed by atoms with Gasteiger partial charge in [0.1, 0.15) is 5.82 Å². The second kappa shape index (κ2) is 5.13. The molecule has 0 bridgehead atoms. The van der Waals surface area contributed by atoms with Crippen LogP contribution in [0.3, 0.4) is 0 Å². The summed E-state index contributed by atoms with van der Waals surface area (Å²) in [7, 11) is 0. The Morgan fingerprint density at radius 2 is 1.19 bits per heavy atom. The Morgan fingerprint density at radius 1 is 0.615 bits per heavy atom. The van der Waals surface area contributed by atoms with Crippen molar-refractivity contribution >= 4 is 49.6 Å². The molecule has 1 aromatic heterocycles. The first-order valence-electron chi connectivity index (χ1n) is 8.36. The number of nitrogen functional groups attached to an aromatic ring is 3. The van der Waals surface area contributed by atoms with E-state index in [9.17, 15) is 0 Å². The number of nitrogens with one attached hydrogen (secondary N) is 1. The summed E-state index contributed by atoms with van der Waals surface area (Å²) in [5, 5.41) is 4.30. The maximum Gasteiger partial charge on any atom is 0.138 e. The van der Waals surface area contributed by atoms with Crippen molar-refractivity contribution in [3.8, 4) is 11.4 Å². The number of aromatic amines is 1. The van der Waals surface area contributed by atoms with E-state index in [-0.39, 0.29) is 0 Å². The van der Waals surface area contributed by atoms with E-state index in [1.54, 1.807) is 0 Å². The Morgan fingerprint density at radius 3 is 1.88 bits per heavy atom. The van der Waals surface area contributed by atoms with E-state index >= 15 is 0 Å². The predicted octanol–water partition coefficient (Wildman–Crippen LogP) is 4.28. The molecule has 5 nitrogen and oxygen atoms in total.